The number of hydrogen-bond acceptors (Lipinski definition) is 4. The fraction of sp³-hybridized carbons (Fsp3) is 0.350. The van der Waals surface area contributed by atoms with E-state index in [-0.39, 0.29) is 10.8 Å². The number of carbonyl (C=O) groups is 1. The van der Waals surface area contributed by atoms with Gasteiger partial charge in [-0.05, 0) is 50.4 Å². The van der Waals surface area contributed by atoms with Crippen molar-refractivity contribution < 1.29 is 13.2 Å². The first-order valence-electron chi connectivity index (χ1n) is 8.92. The molecule has 0 N–H and O–H groups in total. The maximum atomic E-state index is 12.8. The Morgan fingerprint density at radius 2 is 1.48 bits per heavy atom. The molecule has 1 saturated heterocycles. The van der Waals surface area contributed by atoms with Gasteiger partial charge in [0.15, 0.2) is 0 Å². The molecule has 144 valence electrons. The van der Waals surface area contributed by atoms with Crippen molar-refractivity contribution in [2.75, 3.05) is 44.6 Å². The average Bonchev–Trinajstić information content (AvgIpc) is 2.68. The number of anilines is 1. The molecular formula is C20H25N3O3S. The third-order valence-corrected chi connectivity index (χ3v) is 6.75. The zero-order valence-electron chi connectivity index (χ0n) is 15.9. The fourth-order valence-corrected chi connectivity index (χ4v) is 4.21. The van der Waals surface area contributed by atoms with E-state index in [1.165, 1.54) is 11.4 Å². The van der Waals surface area contributed by atoms with Crippen LogP contribution < -0.4 is 4.31 Å². The second-order valence-electron chi connectivity index (χ2n) is 6.93. The lowest BCUT2D eigenvalue weighted by Crippen LogP contribution is -2.47. The minimum absolute atomic E-state index is 0.0151. The van der Waals surface area contributed by atoms with Crippen molar-refractivity contribution in [3.8, 4) is 0 Å². The number of amides is 1. The molecule has 0 spiro atoms. The molecule has 2 aromatic carbocycles. The highest BCUT2D eigenvalue weighted by Crippen LogP contribution is 2.23. The van der Waals surface area contributed by atoms with E-state index < -0.39 is 10.0 Å². The number of carbonyl (C=O) groups excluding carboxylic acids is 1. The van der Waals surface area contributed by atoms with Crippen molar-refractivity contribution in [2.45, 2.75) is 11.8 Å². The van der Waals surface area contributed by atoms with E-state index in [9.17, 15) is 13.2 Å². The van der Waals surface area contributed by atoms with Gasteiger partial charge in [-0.3, -0.25) is 9.10 Å². The van der Waals surface area contributed by atoms with Gasteiger partial charge < -0.3 is 9.80 Å². The van der Waals surface area contributed by atoms with Gasteiger partial charge in [0, 0.05) is 38.8 Å². The van der Waals surface area contributed by atoms with E-state index in [1.54, 1.807) is 48.5 Å². The van der Waals surface area contributed by atoms with Crippen LogP contribution >= 0.6 is 0 Å². The molecule has 0 aliphatic carbocycles. The number of piperazine rings is 1. The predicted octanol–water partition coefficient (Wildman–Crippen LogP) is 2.21. The molecule has 0 saturated carbocycles. The van der Waals surface area contributed by atoms with Gasteiger partial charge in [-0.2, -0.15) is 0 Å². The molecule has 0 unspecified atom stereocenters. The number of rotatable bonds is 4. The minimum Gasteiger partial charge on any atom is -0.336 e. The maximum Gasteiger partial charge on any atom is 0.264 e. The zero-order valence-corrected chi connectivity index (χ0v) is 16.7. The third-order valence-electron chi connectivity index (χ3n) is 4.95. The second-order valence-corrected chi connectivity index (χ2v) is 8.90. The zero-order chi connectivity index (χ0) is 19.6. The molecule has 27 heavy (non-hydrogen) atoms. The Kier molecular flexibility index (Phi) is 5.53. The standard InChI is InChI=1S/C20H25N3O3S/c1-16-4-10-19(11-5-16)27(25,26)22(3)18-8-6-17(7-9-18)20(24)23-14-12-21(2)13-15-23/h4-11H,12-15H2,1-3H3. The Labute approximate surface area is 161 Å². The summed E-state index contributed by atoms with van der Waals surface area (Å²) in [6, 6.07) is 13.5. The highest BCUT2D eigenvalue weighted by Gasteiger charge is 2.23. The van der Waals surface area contributed by atoms with E-state index in [0.29, 0.717) is 24.3 Å². The highest BCUT2D eigenvalue weighted by atomic mass is 32.2. The molecule has 0 bridgehead atoms. The second kappa shape index (κ2) is 7.70. The Balaban J connectivity index is 1.76. The first kappa shape index (κ1) is 19.4. The Morgan fingerprint density at radius 1 is 0.926 bits per heavy atom. The van der Waals surface area contributed by atoms with Crippen LogP contribution in [0.25, 0.3) is 0 Å². The number of nitrogens with zero attached hydrogens (tertiary/aromatic N) is 3. The van der Waals surface area contributed by atoms with Gasteiger partial charge in [-0.15, -0.1) is 0 Å². The van der Waals surface area contributed by atoms with Crippen LogP contribution in [0.2, 0.25) is 0 Å². The van der Waals surface area contributed by atoms with Crippen LogP contribution in [0.3, 0.4) is 0 Å². The summed E-state index contributed by atoms with van der Waals surface area (Å²) in [7, 11) is -0.0731. The van der Waals surface area contributed by atoms with Crippen LogP contribution in [0.15, 0.2) is 53.4 Å². The molecule has 1 fully saturated rings. The van der Waals surface area contributed by atoms with Crippen molar-refractivity contribution in [3.63, 3.8) is 0 Å². The molecular weight excluding hydrogens is 362 g/mol. The lowest BCUT2D eigenvalue weighted by molar-refractivity contribution is 0.0664. The van der Waals surface area contributed by atoms with E-state index in [2.05, 4.69) is 4.90 Å². The van der Waals surface area contributed by atoms with Crippen LogP contribution in [-0.4, -0.2) is 64.4 Å². The summed E-state index contributed by atoms with van der Waals surface area (Å²) >= 11 is 0. The molecule has 7 heteroatoms. The summed E-state index contributed by atoms with van der Waals surface area (Å²) in [6.07, 6.45) is 0. The van der Waals surface area contributed by atoms with Crippen molar-refractivity contribution >= 4 is 21.6 Å². The highest BCUT2D eigenvalue weighted by molar-refractivity contribution is 7.92. The summed E-state index contributed by atoms with van der Waals surface area (Å²) in [4.78, 5) is 16.9. The first-order valence-corrected chi connectivity index (χ1v) is 10.4. The average molecular weight is 388 g/mol. The van der Waals surface area contributed by atoms with E-state index >= 15 is 0 Å². The fourth-order valence-electron chi connectivity index (χ4n) is 3.01. The summed E-state index contributed by atoms with van der Waals surface area (Å²) < 4.78 is 26.8. The van der Waals surface area contributed by atoms with Gasteiger partial charge in [-0.1, -0.05) is 17.7 Å². The Morgan fingerprint density at radius 3 is 2.04 bits per heavy atom. The van der Waals surface area contributed by atoms with E-state index in [0.717, 1.165) is 18.7 Å². The van der Waals surface area contributed by atoms with Crippen LogP contribution in [0.1, 0.15) is 15.9 Å². The van der Waals surface area contributed by atoms with Crippen molar-refractivity contribution in [2.24, 2.45) is 0 Å². The molecule has 1 aliphatic rings. The van der Waals surface area contributed by atoms with Crippen molar-refractivity contribution in [1.82, 2.24) is 9.80 Å². The van der Waals surface area contributed by atoms with Crippen molar-refractivity contribution in [3.05, 3.63) is 59.7 Å². The topological polar surface area (TPSA) is 60.9 Å². The number of aryl methyl sites for hydroxylation is 1. The number of benzene rings is 2. The molecule has 1 heterocycles. The number of likely N-dealkylation sites (N-methyl/N-ethyl adjacent to an activating group) is 1. The summed E-state index contributed by atoms with van der Waals surface area (Å²) in [6.45, 7) is 5.05. The van der Waals surface area contributed by atoms with Gasteiger partial charge in [-0.25, -0.2) is 8.42 Å². The molecule has 6 nitrogen and oxygen atoms in total. The van der Waals surface area contributed by atoms with Crippen LogP contribution in [-0.2, 0) is 10.0 Å². The minimum atomic E-state index is -3.64. The molecule has 0 aromatic heterocycles. The Bertz CT molecular complexity index is 900. The summed E-state index contributed by atoms with van der Waals surface area (Å²) in [5.74, 6) is -0.0151. The first-order chi connectivity index (χ1) is 12.8. The van der Waals surface area contributed by atoms with E-state index in [1.807, 2.05) is 18.9 Å². The molecule has 0 radical (unpaired) electrons. The molecule has 0 atom stereocenters. The maximum absolute atomic E-state index is 12.8. The lowest BCUT2D eigenvalue weighted by Gasteiger charge is -2.32. The van der Waals surface area contributed by atoms with Crippen LogP contribution in [0.5, 0.6) is 0 Å². The van der Waals surface area contributed by atoms with Gasteiger partial charge in [0.25, 0.3) is 15.9 Å². The largest absolute Gasteiger partial charge is 0.336 e. The SMILES string of the molecule is Cc1ccc(S(=O)(=O)N(C)c2ccc(C(=O)N3CCN(C)CC3)cc2)cc1. The lowest BCUT2D eigenvalue weighted by atomic mass is 10.1. The smallest absolute Gasteiger partial charge is 0.264 e. The summed E-state index contributed by atoms with van der Waals surface area (Å²) in [5.41, 5.74) is 2.10. The molecule has 1 aliphatic heterocycles. The number of sulfonamides is 1. The van der Waals surface area contributed by atoms with E-state index in [4.69, 9.17) is 0 Å². The van der Waals surface area contributed by atoms with Gasteiger partial charge in [0.1, 0.15) is 0 Å². The van der Waals surface area contributed by atoms with Gasteiger partial charge in [0.2, 0.25) is 0 Å². The van der Waals surface area contributed by atoms with Crippen LogP contribution in [0, 0.1) is 6.92 Å². The quantitative estimate of drug-likeness (QED) is 0.807. The molecule has 1 amide bonds. The Hall–Kier alpha value is -2.38. The number of hydrogen-bond donors (Lipinski definition) is 0. The van der Waals surface area contributed by atoms with Gasteiger partial charge >= 0.3 is 0 Å². The van der Waals surface area contributed by atoms with Crippen LogP contribution in [0.4, 0.5) is 5.69 Å². The normalized spacial score (nSPS) is 15.6. The third kappa shape index (κ3) is 4.14. The summed E-state index contributed by atoms with van der Waals surface area (Å²) in [5, 5.41) is 0. The molecule has 3 rings (SSSR count). The monoisotopic (exact) mass is 387 g/mol. The van der Waals surface area contributed by atoms with Crippen molar-refractivity contribution in [1.29, 1.82) is 0 Å². The van der Waals surface area contributed by atoms with Gasteiger partial charge in [0.05, 0.1) is 10.6 Å². The molecule has 2 aromatic rings. The predicted molar refractivity (Wildman–Crippen MR) is 107 cm³/mol.